The number of para-hydroxylation sites is 2. The van der Waals surface area contributed by atoms with Gasteiger partial charge in [0.25, 0.3) is 0 Å². The first-order valence-electron chi connectivity index (χ1n) is 9.52. The normalized spacial score (nSPS) is 14.2. The van der Waals surface area contributed by atoms with Gasteiger partial charge in [0.1, 0.15) is 6.54 Å². The second kappa shape index (κ2) is 8.39. The predicted octanol–water partition coefficient (Wildman–Crippen LogP) is 0.440. The van der Waals surface area contributed by atoms with Crippen molar-refractivity contribution >= 4 is 28.8 Å². The number of rotatable bonds is 6. The van der Waals surface area contributed by atoms with Crippen molar-refractivity contribution in [3.8, 4) is 0 Å². The Morgan fingerprint density at radius 2 is 1.97 bits per heavy atom. The van der Waals surface area contributed by atoms with Crippen molar-refractivity contribution in [1.82, 2.24) is 29.8 Å². The number of carbonyl (C=O) groups excluding carboxylic acids is 1. The van der Waals surface area contributed by atoms with Crippen LogP contribution in [0.3, 0.4) is 0 Å². The molecule has 0 atom stereocenters. The van der Waals surface area contributed by atoms with Crippen LogP contribution in [0.1, 0.15) is 5.82 Å². The molecular formula is C19H24N8O2. The molecular weight excluding hydrogens is 372 g/mol. The first-order chi connectivity index (χ1) is 14.1. The molecule has 1 saturated heterocycles. The Morgan fingerprint density at radius 1 is 1.17 bits per heavy atom. The fourth-order valence-electron chi connectivity index (χ4n) is 3.10. The van der Waals surface area contributed by atoms with Gasteiger partial charge in [0, 0.05) is 27.2 Å². The van der Waals surface area contributed by atoms with Gasteiger partial charge in [-0.2, -0.15) is 15.0 Å². The molecule has 1 N–H and O–H groups in total. The minimum Gasteiger partial charge on any atom is -0.378 e. The summed E-state index contributed by atoms with van der Waals surface area (Å²) in [5.74, 6) is 1.56. The van der Waals surface area contributed by atoms with Gasteiger partial charge in [-0.3, -0.25) is 4.79 Å². The first kappa shape index (κ1) is 19.1. The van der Waals surface area contributed by atoms with Crippen molar-refractivity contribution in [1.29, 1.82) is 0 Å². The quantitative estimate of drug-likeness (QED) is 0.641. The van der Waals surface area contributed by atoms with Crippen LogP contribution in [0.15, 0.2) is 30.6 Å². The predicted molar refractivity (Wildman–Crippen MR) is 109 cm³/mol. The largest absolute Gasteiger partial charge is 0.378 e. The maximum absolute atomic E-state index is 12.5. The number of fused-ring (bicyclic) bond motifs is 1. The van der Waals surface area contributed by atoms with Crippen molar-refractivity contribution < 1.29 is 9.53 Å². The number of amides is 1. The van der Waals surface area contributed by atoms with Gasteiger partial charge in [0.05, 0.1) is 37.1 Å². The number of aromatic nitrogens is 5. The van der Waals surface area contributed by atoms with Crippen molar-refractivity contribution in [2.24, 2.45) is 0 Å². The smallest absolute Gasteiger partial charge is 0.240 e. The van der Waals surface area contributed by atoms with E-state index in [9.17, 15) is 4.79 Å². The SMILES string of the molecule is CN(C)c1nc(CNC(=O)Cn2cnc3ccccc32)nc(N2CCOCC2)n1. The van der Waals surface area contributed by atoms with Crippen molar-refractivity contribution in [3.05, 3.63) is 36.4 Å². The van der Waals surface area contributed by atoms with Gasteiger partial charge in [0.2, 0.25) is 17.8 Å². The zero-order valence-electron chi connectivity index (χ0n) is 16.6. The maximum Gasteiger partial charge on any atom is 0.240 e. The van der Waals surface area contributed by atoms with E-state index in [1.165, 1.54) is 0 Å². The number of nitrogens with one attached hydrogen (secondary N) is 1. The molecule has 10 heteroatoms. The highest BCUT2D eigenvalue weighted by Crippen LogP contribution is 2.14. The number of hydrogen-bond donors (Lipinski definition) is 1. The molecule has 2 aromatic heterocycles. The molecule has 1 amide bonds. The summed E-state index contributed by atoms with van der Waals surface area (Å²) in [7, 11) is 3.76. The summed E-state index contributed by atoms with van der Waals surface area (Å²) in [5.41, 5.74) is 1.79. The Kier molecular flexibility index (Phi) is 5.52. The topological polar surface area (TPSA) is 101 Å². The van der Waals surface area contributed by atoms with E-state index in [4.69, 9.17) is 4.74 Å². The van der Waals surface area contributed by atoms with Gasteiger partial charge >= 0.3 is 0 Å². The maximum atomic E-state index is 12.5. The molecule has 0 aliphatic carbocycles. The van der Waals surface area contributed by atoms with Gasteiger partial charge in [0.15, 0.2) is 5.82 Å². The number of morpholine rings is 1. The monoisotopic (exact) mass is 396 g/mol. The highest BCUT2D eigenvalue weighted by molar-refractivity contribution is 5.80. The molecule has 0 radical (unpaired) electrons. The minimum atomic E-state index is -0.132. The molecule has 0 unspecified atom stereocenters. The van der Waals surface area contributed by atoms with E-state index < -0.39 is 0 Å². The molecule has 3 heterocycles. The second-order valence-corrected chi connectivity index (χ2v) is 6.98. The molecule has 152 valence electrons. The van der Waals surface area contributed by atoms with Crippen LogP contribution >= 0.6 is 0 Å². The molecule has 0 saturated carbocycles. The van der Waals surface area contributed by atoms with Crippen LogP contribution in [0, 0.1) is 0 Å². The number of imidazole rings is 1. The molecule has 1 aromatic carbocycles. The number of hydrogen-bond acceptors (Lipinski definition) is 8. The molecule has 1 aliphatic rings. The molecule has 10 nitrogen and oxygen atoms in total. The van der Waals surface area contributed by atoms with Gasteiger partial charge < -0.3 is 24.4 Å². The third-order valence-electron chi connectivity index (χ3n) is 4.64. The summed E-state index contributed by atoms with van der Waals surface area (Å²) < 4.78 is 7.22. The van der Waals surface area contributed by atoms with E-state index in [1.54, 1.807) is 6.33 Å². The van der Waals surface area contributed by atoms with Crippen LogP contribution in [0.2, 0.25) is 0 Å². The van der Waals surface area contributed by atoms with Crippen molar-refractivity contribution in [2.75, 3.05) is 50.2 Å². The Labute approximate surface area is 168 Å². The number of anilines is 2. The zero-order chi connectivity index (χ0) is 20.2. The van der Waals surface area contributed by atoms with Crippen LogP contribution in [-0.2, 0) is 22.6 Å². The summed E-state index contributed by atoms with van der Waals surface area (Å²) in [6.07, 6.45) is 1.67. The number of ether oxygens (including phenoxy) is 1. The van der Waals surface area contributed by atoms with Gasteiger partial charge in [-0.1, -0.05) is 12.1 Å². The molecule has 29 heavy (non-hydrogen) atoms. The third-order valence-corrected chi connectivity index (χ3v) is 4.64. The van der Waals surface area contributed by atoms with Crippen molar-refractivity contribution in [2.45, 2.75) is 13.1 Å². The summed E-state index contributed by atoms with van der Waals surface area (Å²) in [5, 5.41) is 2.90. The summed E-state index contributed by atoms with van der Waals surface area (Å²) in [4.78, 5) is 34.2. The Morgan fingerprint density at radius 3 is 2.76 bits per heavy atom. The fourth-order valence-corrected chi connectivity index (χ4v) is 3.10. The highest BCUT2D eigenvalue weighted by atomic mass is 16.5. The summed E-state index contributed by atoms with van der Waals surface area (Å²) in [6.45, 7) is 3.17. The number of benzene rings is 1. The van der Waals surface area contributed by atoms with Gasteiger partial charge in [-0.25, -0.2) is 4.98 Å². The Bertz CT molecular complexity index is 997. The van der Waals surface area contributed by atoms with Gasteiger partial charge in [-0.05, 0) is 12.1 Å². The van der Waals surface area contributed by atoms with E-state index in [1.807, 2.05) is 47.8 Å². The lowest BCUT2D eigenvalue weighted by molar-refractivity contribution is -0.121. The van der Waals surface area contributed by atoms with E-state index >= 15 is 0 Å². The number of nitrogens with zero attached hydrogens (tertiary/aromatic N) is 7. The molecule has 0 bridgehead atoms. The van der Waals surface area contributed by atoms with E-state index in [2.05, 4.69) is 30.2 Å². The standard InChI is InChI=1S/C19H24N8O2/c1-25(2)18-22-16(23-19(24-18)26-7-9-29-10-8-26)11-20-17(28)12-27-13-21-14-5-3-4-6-15(14)27/h3-6,13H,7-12H2,1-2H3,(H,20,28). The lowest BCUT2D eigenvalue weighted by Gasteiger charge is -2.27. The van der Waals surface area contributed by atoms with Crippen LogP contribution in [0.4, 0.5) is 11.9 Å². The Hall–Kier alpha value is -3.27. The van der Waals surface area contributed by atoms with Gasteiger partial charge in [-0.15, -0.1) is 0 Å². The summed E-state index contributed by atoms with van der Waals surface area (Å²) >= 11 is 0. The highest BCUT2D eigenvalue weighted by Gasteiger charge is 2.17. The van der Waals surface area contributed by atoms with Crippen LogP contribution in [0.25, 0.3) is 11.0 Å². The van der Waals surface area contributed by atoms with E-state index in [0.29, 0.717) is 30.9 Å². The molecule has 1 aliphatic heterocycles. The Balaban J connectivity index is 1.45. The zero-order valence-corrected chi connectivity index (χ0v) is 16.6. The van der Waals surface area contributed by atoms with Crippen LogP contribution < -0.4 is 15.1 Å². The van der Waals surface area contributed by atoms with Crippen LogP contribution in [0.5, 0.6) is 0 Å². The number of carbonyl (C=O) groups is 1. The first-order valence-corrected chi connectivity index (χ1v) is 9.52. The van der Waals surface area contributed by atoms with Crippen LogP contribution in [-0.4, -0.2) is 70.8 Å². The molecule has 3 aromatic rings. The average Bonchev–Trinajstić information content (AvgIpc) is 3.15. The lowest BCUT2D eigenvalue weighted by atomic mass is 10.3. The second-order valence-electron chi connectivity index (χ2n) is 6.98. The van der Waals surface area contributed by atoms with E-state index in [-0.39, 0.29) is 19.0 Å². The fraction of sp³-hybridized carbons (Fsp3) is 0.421. The molecule has 4 rings (SSSR count). The third kappa shape index (κ3) is 4.43. The van der Waals surface area contributed by atoms with Crippen molar-refractivity contribution in [3.63, 3.8) is 0 Å². The molecule has 0 spiro atoms. The minimum absolute atomic E-state index is 0.132. The van der Waals surface area contributed by atoms with E-state index in [0.717, 1.165) is 24.1 Å². The average molecular weight is 396 g/mol. The summed E-state index contributed by atoms with van der Waals surface area (Å²) in [6, 6.07) is 7.72. The lowest BCUT2D eigenvalue weighted by Crippen LogP contribution is -2.38. The molecule has 1 fully saturated rings.